The quantitative estimate of drug-likeness (QED) is 0.801. The average Bonchev–Trinajstić information content (AvgIpc) is 3.22. The number of carbonyl (C=O) groups is 1. The molecule has 23 heavy (non-hydrogen) atoms. The summed E-state index contributed by atoms with van der Waals surface area (Å²) in [7, 11) is 3.89. The molecule has 2 aliphatic carbocycles. The summed E-state index contributed by atoms with van der Waals surface area (Å²) >= 11 is 1.50. The monoisotopic (exact) mass is 337 g/mol. The van der Waals surface area contributed by atoms with E-state index in [1.165, 1.54) is 37.0 Å². The van der Waals surface area contributed by atoms with E-state index in [1.54, 1.807) is 11.1 Å². The van der Waals surface area contributed by atoms with Crippen LogP contribution in [0.1, 0.15) is 39.0 Å². The van der Waals surface area contributed by atoms with Gasteiger partial charge in [-0.3, -0.25) is 14.6 Å². The Morgan fingerprint density at radius 3 is 2.78 bits per heavy atom. The van der Waals surface area contributed by atoms with Gasteiger partial charge in [-0.1, -0.05) is 12.8 Å². The normalized spacial score (nSPS) is 25.7. The van der Waals surface area contributed by atoms with Crippen molar-refractivity contribution in [2.24, 2.45) is 5.41 Å². The molecule has 0 aromatic carbocycles. The molecule has 1 heterocycles. The zero-order valence-corrected chi connectivity index (χ0v) is 15.1. The van der Waals surface area contributed by atoms with Gasteiger partial charge in [0, 0.05) is 36.7 Å². The summed E-state index contributed by atoms with van der Waals surface area (Å²) in [5, 5.41) is 2.66. The second-order valence-electron chi connectivity index (χ2n) is 6.82. The van der Waals surface area contributed by atoms with E-state index in [9.17, 15) is 4.79 Å². The molecule has 2 fully saturated rings. The van der Waals surface area contributed by atoms with Crippen LogP contribution in [0.15, 0.2) is 11.6 Å². The summed E-state index contributed by atoms with van der Waals surface area (Å²) in [4.78, 5) is 20.7. The molecular formula is C17H27N3O2S. The van der Waals surface area contributed by atoms with Crippen molar-refractivity contribution < 1.29 is 9.53 Å². The van der Waals surface area contributed by atoms with Gasteiger partial charge in [0.1, 0.15) is 0 Å². The van der Waals surface area contributed by atoms with E-state index in [4.69, 9.17) is 4.74 Å². The average molecular weight is 337 g/mol. The van der Waals surface area contributed by atoms with Crippen LogP contribution in [0.5, 0.6) is 0 Å². The van der Waals surface area contributed by atoms with E-state index < -0.39 is 0 Å². The van der Waals surface area contributed by atoms with Crippen molar-refractivity contribution in [3.8, 4) is 0 Å². The number of hydrogen-bond acceptors (Lipinski definition) is 5. The number of hydrogen-bond donors (Lipinski definition) is 0. The standard InChI is InChI=1S/C17H27N3O2S/c1-4-22-14-11-13(17(14)7-5-6-8-17)19(2)12-15(21)20(3)16-18-9-10-23-16/h9-10,13-14H,4-8,11-12H2,1-3H3/t13-,14+/m0/s1. The number of ether oxygens (including phenoxy) is 1. The van der Waals surface area contributed by atoms with Gasteiger partial charge >= 0.3 is 0 Å². The molecule has 2 saturated carbocycles. The van der Waals surface area contributed by atoms with Gasteiger partial charge in [0.25, 0.3) is 0 Å². The molecule has 1 aromatic rings. The fourth-order valence-corrected chi connectivity index (χ4v) is 5.01. The van der Waals surface area contributed by atoms with Crippen LogP contribution in [0, 0.1) is 5.41 Å². The largest absolute Gasteiger partial charge is 0.378 e. The molecule has 1 amide bonds. The van der Waals surface area contributed by atoms with Gasteiger partial charge in [0.05, 0.1) is 12.6 Å². The van der Waals surface area contributed by atoms with Gasteiger partial charge in [0.15, 0.2) is 5.13 Å². The van der Waals surface area contributed by atoms with Crippen molar-refractivity contribution >= 4 is 22.4 Å². The predicted octanol–water partition coefficient (Wildman–Crippen LogP) is 2.78. The van der Waals surface area contributed by atoms with Crippen LogP contribution in [-0.2, 0) is 9.53 Å². The highest BCUT2D eigenvalue weighted by molar-refractivity contribution is 7.13. The lowest BCUT2D eigenvalue weighted by Crippen LogP contribution is -2.63. The summed E-state index contributed by atoms with van der Waals surface area (Å²) in [6, 6.07) is 0.468. The molecule has 0 unspecified atom stereocenters. The first-order valence-electron chi connectivity index (χ1n) is 8.56. The summed E-state index contributed by atoms with van der Waals surface area (Å²) in [6.07, 6.45) is 8.24. The number of aromatic nitrogens is 1. The maximum atomic E-state index is 12.5. The Kier molecular flexibility index (Phi) is 5.04. The summed E-state index contributed by atoms with van der Waals surface area (Å²) in [5.74, 6) is 0.107. The first-order valence-corrected chi connectivity index (χ1v) is 9.44. The van der Waals surface area contributed by atoms with Crippen LogP contribution in [0.2, 0.25) is 0 Å². The van der Waals surface area contributed by atoms with E-state index in [0.717, 1.165) is 18.2 Å². The molecule has 0 saturated heterocycles. The van der Waals surface area contributed by atoms with Crippen LogP contribution >= 0.6 is 11.3 Å². The van der Waals surface area contributed by atoms with Gasteiger partial charge < -0.3 is 4.74 Å². The van der Waals surface area contributed by atoms with Gasteiger partial charge in [-0.15, -0.1) is 11.3 Å². The lowest BCUT2D eigenvalue weighted by molar-refractivity contribution is -0.162. The van der Waals surface area contributed by atoms with Crippen LogP contribution in [0.4, 0.5) is 5.13 Å². The number of amides is 1. The second-order valence-corrected chi connectivity index (χ2v) is 7.69. The van der Waals surface area contributed by atoms with E-state index in [-0.39, 0.29) is 11.3 Å². The number of nitrogens with zero attached hydrogens (tertiary/aromatic N) is 3. The molecule has 0 bridgehead atoms. The molecule has 3 rings (SSSR count). The Balaban J connectivity index is 1.62. The molecule has 2 aliphatic rings. The van der Waals surface area contributed by atoms with Crippen LogP contribution in [0.25, 0.3) is 0 Å². The second kappa shape index (κ2) is 6.87. The smallest absolute Gasteiger partial charge is 0.242 e. The third-order valence-electron chi connectivity index (χ3n) is 5.64. The van der Waals surface area contributed by atoms with Crippen molar-refractivity contribution in [3.05, 3.63) is 11.6 Å². The lowest BCUT2D eigenvalue weighted by Gasteiger charge is -2.57. The molecule has 1 spiro atoms. The number of likely N-dealkylation sites (N-methyl/N-ethyl adjacent to an activating group) is 2. The topological polar surface area (TPSA) is 45.7 Å². The predicted molar refractivity (Wildman–Crippen MR) is 92.9 cm³/mol. The van der Waals surface area contributed by atoms with Crippen molar-refractivity contribution in [3.63, 3.8) is 0 Å². The molecule has 0 N–H and O–H groups in total. The van der Waals surface area contributed by atoms with E-state index in [2.05, 4.69) is 23.9 Å². The molecular weight excluding hydrogens is 310 g/mol. The highest BCUT2D eigenvalue weighted by Gasteiger charge is 2.58. The highest BCUT2D eigenvalue weighted by atomic mass is 32.1. The Morgan fingerprint density at radius 1 is 1.43 bits per heavy atom. The first kappa shape index (κ1) is 16.9. The number of thiazole rings is 1. The Labute approximate surface area is 142 Å². The number of carbonyl (C=O) groups excluding carboxylic acids is 1. The minimum absolute atomic E-state index is 0.107. The number of anilines is 1. The third-order valence-corrected chi connectivity index (χ3v) is 6.49. The van der Waals surface area contributed by atoms with Crippen molar-refractivity contribution in [1.29, 1.82) is 0 Å². The van der Waals surface area contributed by atoms with Gasteiger partial charge in [-0.25, -0.2) is 4.98 Å². The lowest BCUT2D eigenvalue weighted by atomic mass is 9.60. The molecule has 2 atom stereocenters. The molecule has 6 heteroatoms. The van der Waals surface area contributed by atoms with Gasteiger partial charge in [-0.05, 0) is 33.2 Å². The summed E-state index contributed by atoms with van der Waals surface area (Å²) < 4.78 is 5.98. The Hall–Kier alpha value is -0.980. The maximum absolute atomic E-state index is 12.5. The highest BCUT2D eigenvalue weighted by Crippen LogP contribution is 2.56. The summed E-state index contributed by atoms with van der Waals surface area (Å²) in [5.41, 5.74) is 0.283. The van der Waals surface area contributed by atoms with E-state index in [0.29, 0.717) is 18.7 Å². The fraction of sp³-hybridized carbons (Fsp3) is 0.765. The summed E-state index contributed by atoms with van der Waals surface area (Å²) in [6.45, 7) is 3.31. The Bertz CT molecular complexity index is 528. The SMILES string of the molecule is CCO[C@@H]1C[C@H](N(C)CC(=O)N(C)c2nccs2)C12CCCC2. The van der Waals surface area contributed by atoms with Crippen LogP contribution < -0.4 is 4.90 Å². The zero-order chi connectivity index (χ0) is 16.4. The molecule has 128 valence electrons. The fourth-order valence-electron chi connectivity index (χ4n) is 4.39. The van der Waals surface area contributed by atoms with Crippen LogP contribution in [0.3, 0.4) is 0 Å². The van der Waals surface area contributed by atoms with Crippen molar-refractivity contribution in [2.75, 3.05) is 32.1 Å². The first-order chi connectivity index (χ1) is 11.1. The van der Waals surface area contributed by atoms with Crippen LogP contribution in [-0.4, -0.2) is 55.2 Å². The van der Waals surface area contributed by atoms with E-state index in [1.807, 2.05) is 12.4 Å². The molecule has 5 nitrogen and oxygen atoms in total. The van der Waals surface area contributed by atoms with Crippen molar-refractivity contribution in [2.45, 2.75) is 51.2 Å². The number of rotatable bonds is 6. The Morgan fingerprint density at radius 2 is 2.17 bits per heavy atom. The molecule has 1 aromatic heterocycles. The maximum Gasteiger partial charge on any atom is 0.242 e. The molecule has 0 aliphatic heterocycles. The minimum Gasteiger partial charge on any atom is -0.378 e. The van der Waals surface area contributed by atoms with Gasteiger partial charge in [-0.2, -0.15) is 0 Å². The van der Waals surface area contributed by atoms with Gasteiger partial charge in [0.2, 0.25) is 5.91 Å². The van der Waals surface area contributed by atoms with E-state index >= 15 is 0 Å². The minimum atomic E-state index is 0.107. The van der Waals surface area contributed by atoms with Crippen molar-refractivity contribution in [1.82, 2.24) is 9.88 Å². The third kappa shape index (κ3) is 3.04. The molecule has 0 radical (unpaired) electrons. The zero-order valence-electron chi connectivity index (χ0n) is 14.3.